The van der Waals surface area contributed by atoms with Gasteiger partial charge in [0, 0.05) is 10.6 Å². The van der Waals surface area contributed by atoms with Crippen LogP contribution < -0.4 is 0 Å². The van der Waals surface area contributed by atoms with Gasteiger partial charge in [-0.1, -0.05) is 18.2 Å². The van der Waals surface area contributed by atoms with Gasteiger partial charge in [0.25, 0.3) is 0 Å². The third-order valence-electron chi connectivity index (χ3n) is 2.05. The van der Waals surface area contributed by atoms with Crippen LogP contribution in [0, 0.1) is 0 Å². The monoisotopic (exact) mass is 240 g/mol. The summed E-state index contributed by atoms with van der Waals surface area (Å²) in [5.41, 5.74) is -1.03. The molecule has 0 unspecified atom stereocenters. The maximum Gasteiger partial charge on any atom is 0.308 e. The van der Waals surface area contributed by atoms with E-state index in [1.54, 1.807) is 6.92 Å². The summed E-state index contributed by atoms with van der Waals surface area (Å²) in [6.45, 7) is 1.64. The van der Waals surface area contributed by atoms with E-state index in [0.29, 0.717) is 5.75 Å². The molecule has 0 saturated heterocycles. The van der Waals surface area contributed by atoms with E-state index in [2.05, 4.69) is 4.74 Å². The SMILES string of the molecule is COC(=O)C[C@@](C)(O)CSc1ccccc1. The zero-order valence-electron chi connectivity index (χ0n) is 9.47. The van der Waals surface area contributed by atoms with Crippen LogP contribution in [0.5, 0.6) is 0 Å². The number of benzene rings is 1. The minimum absolute atomic E-state index is 0.0172. The van der Waals surface area contributed by atoms with E-state index in [1.165, 1.54) is 18.9 Å². The first-order valence-electron chi connectivity index (χ1n) is 5.00. The lowest BCUT2D eigenvalue weighted by Gasteiger charge is -2.21. The second-order valence-corrected chi connectivity index (χ2v) is 4.90. The third-order valence-corrected chi connectivity index (χ3v) is 3.42. The summed E-state index contributed by atoms with van der Waals surface area (Å²) >= 11 is 1.52. The maximum atomic E-state index is 11.0. The highest BCUT2D eigenvalue weighted by molar-refractivity contribution is 7.99. The molecule has 0 saturated carbocycles. The standard InChI is InChI=1S/C12H16O3S/c1-12(14,8-11(13)15-2)9-16-10-6-4-3-5-7-10/h3-7,14H,8-9H2,1-2H3/t12-/m1/s1. The summed E-state index contributed by atoms with van der Waals surface area (Å²) in [4.78, 5) is 12.1. The van der Waals surface area contributed by atoms with Crippen molar-refractivity contribution >= 4 is 17.7 Å². The van der Waals surface area contributed by atoms with E-state index in [1.807, 2.05) is 30.3 Å². The van der Waals surface area contributed by atoms with E-state index >= 15 is 0 Å². The van der Waals surface area contributed by atoms with Gasteiger partial charge >= 0.3 is 5.97 Å². The van der Waals surface area contributed by atoms with Crippen LogP contribution in [0.2, 0.25) is 0 Å². The Bertz CT molecular complexity index is 335. The molecule has 1 N–H and O–H groups in total. The molecule has 1 aromatic carbocycles. The van der Waals surface area contributed by atoms with Gasteiger partial charge < -0.3 is 9.84 Å². The average Bonchev–Trinajstić information content (AvgIpc) is 2.27. The molecule has 3 nitrogen and oxygen atoms in total. The van der Waals surface area contributed by atoms with Crippen LogP contribution in [0.1, 0.15) is 13.3 Å². The Kier molecular flexibility index (Phi) is 4.83. The van der Waals surface area contributed by atoms with Gasteiger partial charge in [0.1, 0.15) is 0 Å². The van der Waals surface area contributed by atoms with Crippen LogP contribution in [0.4, 0.5) is 0 Å². The Labute approximate surface area is 99.8 Å². The molecule has 0 radical (unpaired) electrons. The molecule has 0 aromatic heterocycles. The van der Waals surface area contributed by atoms with Crippen LogP contribution >= 0.6 is 11.8 Å². The van der Waals surface area contributed by atoms with E-state index in [9.17, 15) is 9.90 Å². The largest absolute Gasteiger partial charge is 0.469 e. The first-order chi connectivity index (χ1) is 7.53. The fourth-order valence-corrected chi connectivity index (χ4v) is 2.12. The van der Waals surface area contributed by atoms with E-state index in [4.69, 9.17) is 0 Å². The van der Waals surface area contributed by atoms with Crippen LogP contribution in [-0.4, -0.2) is 29.5 Å². The molecule has 0 spiro atoms. The van der Waals surface area contributed by atoms with Crippen molar-refractivity contribution in [2.75, 3.05) is 12.9 Å². The number of carbonyl (C=O) groups excluding carboxylic acids is 1. The molecule has 0 aliphatic heterocycles. The molecular formula is C12H16O3S. The zero-order chi connectivity index (χ0) is 12.0. The van der Waals surface area contributed by atoms with Gasteiger partial charge in [0.05, 0.1) is 19.1 Å². The van der Waals surface area contributed by atoms with Crippen molar-refractivity contribution in [2.24, 2.45) is 0 Å². The van der Waals surface area contributed by atoms with Crippen molar-refractivity contribution in [3.63, 3.8) is 0 Å². The second-order valence-electron chi connectivity index (χ2n) is 3.85. The summed E-state index contributed by atoms with van der Waals surface area (Å²) in [6, 6.07) is 9.77. The molecule has 0 fully saturated rings. The normalized spacial score (nSPS) is 14.2. The van der Waals surface area contributed by atoms with Crippen LogP contribution in [-0.2, 0) is 9.53 Å². The number of aliphatic hydroxyl groups is 1. The van der Waals surface area contributed by atoms with Gasteiger partial charge in [-0.05, 0) is 19.1 Å². The average molecular weight is 240 g/mol. The highest BCUT2D eigenvalue weighted by Gasteiger charge is 2.25. The summed E-state index contributed by atoms with van der Waals surface area (Å²) in [6.07, 6.45) is 0.0172. The van der Waals surface area contributed by atoms with Crippen molar-refractivity contribution in [3.8, 4) is 0 Å². The highest BCUT2D eigenvalue weighted by atomic mass is 32.2. The van der Waals surface area contributed by atoms with E-state index in [-0.39, 0.29) is 6.42 Å². The van der Waals surface area contributed by atoms with E-state index in [0.717, 1.165) is 4.90 Å². The molecule has 1 rings (SSSR count). The number of hydrogen-bond donors (Lipinski definition) is 1. The molecule has 1 atom stereocenters. The van der Waals surface area contributed by atoms with Crippen molar-refractivity contribution < 1.29 is 14.6 Å². The van der Waals surface area contributed by atoms with Crippen molar-refractivity contribution in [2.45, 2.75) is 23.8 Å². The lowest BCUT2D eigenvalue weighted by atomic mass is 10.1. The Morgan fingerprint density at radius 2 is 2.06 bits per heavy atom. The Morgan fingerprint density at radius 3 is 2.62 bits per heavy atom. The predicted molar refractivity (Wildman–Crippen MR) is 64.4 cm³/mol. The number of ether oxygens (including phenoxy) is 1. The lowest BCUT2D eigenvalue weighted by Crippen LogP contribution is -2.31. The number of methoxy groups -OCH3 is 1. The first kappa shape index (κ1) is 13.1. The number of esters is 1. The first-order valence-corrected chi connectivity index (χ1v) is 5.99. The second kappa shape index (κ2) is 5.92. The number of rotatable bonds is 5. The lowest BCUT2D eigenvalue weighted by molar-refractivity contribution is -0.144. The molecule has 88 valence electrons. The molecule has 16 heavy (non-hydrogen) atoms. The smallest absolute Gasteiger partial charge is 0.308 e. The zero-order valence-corrected chi connectivity index (χ0v) is 10.3. The van der Waals surface area contributed by atoms with Gasteiger partial charge in [-0.2, -0.15) is 0 Å². The molecule has 0 aliphatic carbocycles. The number of carbonyl (C=O) groups is 1. The summed E-state index contributed by atoms with van der Waals surface area (Å²) in [5.74, 6) is 0.0743. The van der Waals surface area contributed by atoms with Crippen molar-refractivity contribution in [1.29, 1.82) is 0 Å². The molecular weight excluding hydrogens is 224 g/mol. The third kappa shape index (κ3) is 4.68. The van der Waals surface area contributed by atoms with E-state index < -0.39 is 11.6 Å². The van der Waals surface area contributed by atoms with Crippen molar-refractivity contribution in [1.82, 2.24) is 0 Å². The fraction of sp³-hybridized carbons (Fsp3) is 0.417. The molecule has 0 heterocycles. The summed E-state index contributed by atoms with van der Waals surface area (Å²) < 4.78 is 4.53. The number of thioether (sulfide) groups is 1. The fourth-order valence-electron chi connectivity index (χ4n) is 1.19. The van der Waals surface area contributed by atoms with Gasteiger partial charge in [0.2, 0.25) is 0 Å². The maximum absolute atomic E-state index is 11.0. The van der Waals surface area contributed by atoms with Gasteiger partial charge in [0.15, 0.2) is 0 Å². The van der Waals surface area contributed by atoms with Crippen LogP contribution in [0.3, 0.4) is 0 Å². The number of hydrogen-bond acceptors (Lipinski definition) is 4. The molecule has 0 aliphatic rings. The quantitative estimate of drug-likeness (QED) is 0.632. The molecule has 4 heteroatoms. The van der Waals surface area contributed by atoms with Gasteiger partial charge in [-0.25, -0.2) is 0 Å². The Hall–Kier alpha value is -1.00. The minimum atomic E-state index is -1.03. The van der Waals surface area contributed by atoms with Crippen LogP contribution in [0.25, 0.3) is 0 Å². The topological polar surface area (TPSA) is 46.5 Å². The molecule has 0 bridgehead atoms. The van der Waals surface area contributed by atoms with Crippen molar-refractivity contribution in [3.05, 3.63) is 30.3 Å². The molecule has 1 aromatic rings. The summed E-state index contributed by atoms with van der Waals surface area (Å²) in [7, 11) is 1.32. The Balaban J connectivity index is 2.44. The van der Waals surface area contributed by atoms with Crippen LogP contribution in [0.15, 0.2) is 35.2 Å². The Morgan fingerprint density at radius 1 is 1.44 bits per heavy atom. The van der Waals surface area contributed by atoms with Gasteiger partial charge in [-0.15, -0.1) is 11.8 Å². The predicted octanol–water partition coefficient (Wildman–Crippen LogP) is 2.09. The van der Waals surface area contributed by atoms with Gasteiger partial charge in [-0.3, -0.25) is 4.79 Å². The highest BCUT2D eigenvalue weighted by Crippen LogP contribution is 2.24. The minimum Gasteiger partial charge on any atom is -0.469 e. The molecule has 0 amide bonds. The summed E-state index contributed by atoms with van der Waals surface area (Å²) in [5, 5.41) is 9.96.